The molecular weight excluding hydrogens is 136 g/mol. The monoisotopic (exact) mass is 154 g/mol. The van der Waals surface area contributed by atoms with Crippen molar-refractivity contribution in [1.82, 2.24) is 10.0 Å². The van der Waals surface area contributed by atoms with Crippen LogP contribution in [0.15, 0.2) is 0 Å². The molecule has 11 heavy (non-hydrogen) atoms. The minimum absolute atomic E-state index is 0.615. The van der Waals surface area contributed by atoms with Gasteiger partial charge in [0.1, 0.15) is 0 Å². The highest BCUT2D eigenvalue weighted by Crippen LogP contribution is 2.48. The summed E-state index contributed by atoms with van der Waals surface area (Å²) in [4.78, 5) is 0. The molecule has 1 saturated carbocycles. The van der Waals surface area contributed by atoms with Gasteiger partial charge in [0.2, 0.25) is 0 Å². The maximum absolute atomic E-state index is 2.49. The Bertz CT molecular complexity index is 161. The highest BCUT2D eigenvalue weighted by Gasteiger charge is 2.52. The Morgan fingerprint density at radius 1 is 1.18 bits per heavy atom. The van der Waals surface area contributed by atoms with Crippen LogP contribution in [-0.4, -0.2) is 35.2 Å². The number of nitrogens with zero attached hydrogens (tertiary/aromatic N) is 2. The van der Waals surface area contributed by atoms with E-state index >= 15 is 0 Å². The van der Waals surface area contributed by atoms with Crippen molar-refractivity contribution in [1.29, 1.82) is 0 Å². The second-order valence-electron chi connectivity index (χ2n) is 4.25. The van der Waals surface area contributed by atoms with E-state index in [1.54, 1.807) is 0 Å². The van der Waals surface area contributed by atoms with Crippen molar-refractivity contribution in [2.45, 2.75) is 44.7 Å². The molecule has 2 rings (SSSR count). The van der Waals surface area contributed by atoms with E-state index < -0.39 is 0 Å². The van der Waals surface area contributed by atoms with Crippen molar-refractivity contribution in [2.24, 2.45) is 0 Å². The first-order chi connectivity index (χ1) is 5.16. The van der Waals surface area contributed by atoms with E-state index in [-0.39, 0.29) is 0 Å². The molecule has 0 aromatic heterocycles. The Hall–Kier alpha value is -0.0800. The molecule has 1 saturated heterocycles. The van der Waals surface area contributed by atoms with Crippen LogP contribution in [0.25, 0.3) is 0 Å². The van der Waals surface area contributed by atoms with Gasteiger partial charge in [-0.25, -0.2) is 10.0 Å². The lowest BCUT2D eigenvalue weighted by Gasteiger charge is -2.31. The van der Waals surface area contributed by atoms with Gasteiger partial charge in [-0.15, -0.1) is 0 Å². The van der Waals surface area contributed by atoms with Crippen molar-refractivity contribution >= 4 is 0 Å². The maximum Gasteiger partial charge on any atom is 0.0367 e. The van der Waals surface area contributed by atoms with Crippen molar-refractivity contribution < 1.29 is 0 Å². The molecule has 0 aromatic rings. The Morgan fingerprint density at radius 3 is 2.09 bits per heavy atom. The summed E-state index contributed by atoms with van der Waals surface area (Å²) in [6.45, 7) is 5.82. The molecule has 2 heteroatoms. The fourth-order valence-electron chi connectivity index (χ4n) is 2.23. The lowest BCUT2D eigenvalue weighted by Crippen LogP contribution is -2.42. The first kappa shape index (κ1) is 7.56. The largest absolute Gasteiger partial charge is 0.239 e. The van der Waals surface area contributed by atoms with Crippen LogP contribution in [0.4, 0.5) is 0 Å². The van der Waals surface area contributed by atoms with Gasteiger partial charge in [-0.05, 0) is 33.1 Å². The SMILES string of the molecule is CC(C)N1CCC2(CC2)N1C. The van der Waals surface area contributed by atoms with Crippen LogP contribution in [0.3, 0.4) is 0 Å². The summed E-state index contributed by atoms with van der Waals surface area (Å²) < 4.78 is 0. The summed E-state index contributed by atoms with van der Waals surface area (Å²) in [6, 6.07) is 0.681. The molecule has 0 aromatic carbocycles. The van der Waals surface area contributed by atoms with Gasteiger partial charge in [-0.2, -0.15) is 0 Å². The van der Waals surface area contributed by atoms with Gasteiger partial charge in [0.25, 0.3) is 0 Å². The number of hydrogen-bond acceptors (Lipinski definition) is 2. The molecule has 2 nitrogen and oxygen atoms in total. The summed E-state index contributed by atoms with van der Waals surface area (Å²) in [5.74, 6) is 0. The highest BCUT2D eigenvalue weighted by molar-refractivity contribution is 5.05. The average Bonchev–Trinajstić information content (AvgIpc) is 2.61. The predicted molar refractivity (Wildman–Crippen MR) is 46.2 cm³/mol. The maximum atomic E-state index is 2.49. The topological polar surface area (TPSA) is 6.48 Å². The van der Waals surface area contributed by atoms with Crippen LogP contribution < -0.4 is 0 Å². The summed E-state index contributed by atoms with van der Waals surface area (Å²) in [6.07, 6.45) is 4.24. The number of hydrazine groups is 1. The zero-order chi connectivity index (χ0) is 8.06. The van der Waals surface area contributed by atoms with Crippen LogP contribution in [0.5, 0.6) is 0 Å². The molecule has 0 N–H and O–H groups in total. The van der Waals surface area contributed by atoms with E-state index in [4.69, 9.17) is 0 Å². The molecule has 1 aliphatic carbocycles. The van der Waals surface area contributed by atoms with Crippen LogP contribution >= 0.6 is 0 Å². The molecule has 1 heterocycles. The van der Waals surface area contributed by atoms with Crippen LogP contribution in [0.2, 0.25) is 0 Å². The Balaban J connectivity index is 2.06. The lowest BCUT2D eigenvalue weighted by molar-refractivity contribution is -0.0110. The molecule has 64 valence electrons. The third-order valence-electron chi connectivity index (χ3n) is 3.30. The first-order valence-electron chi connectivity index (χ1n) is 4.66. The van der Waals surface area contributed by atoms with E-state index in [2.05, 4.69) is 30.9 Å². The first-order valence-corrected chi connectivity index (χ1v) is 4.66. The van der Waals surface area contributed by atoms with E-state index in [1.165, 1.54) is 25.8 Å². The summed E-state index contributed by atoms with van der Waals surface area (Å²) in [5.41, 5.74) is 0.615. The molecule has 0 amide bonds. The lowest BCUT2D eigenvalue weighted by atomic mass is 10.2. The van der Waals surface area contributed by atoms with E-state index in [9.17, 15) is 0 Å². The fraction of sp³-hybridized carbons (Fsp3) is 1.00. The average molecular weight is 154 g/mol. The smallest absolute Gasteiger partial charge is 0.0367 e. The third kappa shape index (κ3) is 1.00. The molecule has 1 aliphatic heterocycles. The number of rotatable bonds is 1. The molecule has 2 fully saturated rings. The third-order valence-corrected chi connectivity index (χ3v) is 3.30. The molecule has 0 radical (unpaired) electrons. The fourth-order valence-corrected chi connectivity index (χ4v) is 2.23. The quantitative estimate of drug-likeness (QED) is 0.564. The minimum Gasteiger partial charge on any atom is -0.239 e. The standard InChI is InChI=1S/C9H18N2/c1-8(2)11-7-6-9(4-5-9)10(11)3/h8H,4-7H2,1-3H3. The zero-order valence-electron chi connectivity index (χ0n) is 7.80. The van der Waals surface area contributed by atoms with Gasteiger partial charge in [0.05, 0.1) is 0 Å². The molecule has 0 atom stereocenters. The Labute approximate surface area is 69.1 Å². The van der Waals surface area contributed by atoms with E-state index in [0.717, 1.165) is 0 Å². The van der Waals surface area contributed by atoms with Gasteiger partial charge in [-0.1, -0.05) is 0 Å². The van der Waals surface area contributed by atoms with Crippen molar-refractivity contribution in [2.75, 3.05) is 13.6 Å². The van der Waals surface area contributed by atoms with E-state index in [0.29, 0.717) is 11.6 Å². The predicted octanol–water partition coefficient (Wildman–Crippen LogP) is 1.48. The highest BCUT2D eigenvalue weighted by atomic mass is 15.7. The normalized spacial score (nSPS) is 30.5. The van der Waals surface area contributed by atoms with E-state index in [1.807, 2.05) is 0 Å². The zero-order valence-corrected chi connectivity index (χ0v) is 7.80. The van der Waals surface area contributed by atoms with Crippen LogP contribution in [0, 0.1) is 0 Å². The van der Waals surface area contributed by atoms with Gasteiger partial charge in [-0.3, -0.25) is 0 Å². The Kier molecular flexibility index (Phi) is 1.52. The van der Waals surface area contributed by atoms with Gasteiger partial charge in [0.15, 0.2) is 0 Å². The van der Waals surface area contributed by atoms with Gasteiger partial charge >= 0.3 is 0 Å². The number of hydrogen-bond donors (Lipinski definition) is 0. The molecule has 0 unspecified atom stereocenters. The summed E-state index contributed by atoms with van der Waals surface area (Å²) >= 11 is 0. The molecular formula is C9H18N2. The van der Waals surface area contributed by atoms with Gasteiger partial charge < -0.3 is 0 Å². The van der Waals surface area contributed by atoms with Gasteiger partial charge in [0, 0.05) is 25.2 Å². The molecule has 0 bridgehead atoms. The van der Waals surface area contributed by atoms with Crippen molar-refractivity contribution in [3.8, 4) is 0 Å². The second kappa shape index (κ2) is 2.20. The van der Waals surface area contributed by atoms with Crippen molar-refractivity contribution in [3.63, 3.8) is 0 Å². The van der Waals surface area contributed by atoms with Crippen LogP contribution in [0.1, 0.15) is 33.1 Å². The minimum atomic E-state index is 0.615. The van der Waals surface area contributed by atoms with Crippen LogP contribution in [-0.2, 0) is 0 Å². The Morgan fingerprint density at radius 2 is 1.82 bits per heavy atom. The van der Waals surface area contributed by atoms with Crippen molar-refractivity contribution in [3.05, 3.63) is 0 Å². The molecule has 1 spiro atoms. The second-order valence-corrected chi connectivity index (χ2v) is 4.25. The molecule has 2 aliphatic rings. The summed E-state index contributed by atoms with van der Waals surface area (Å²) in [5, 5.41) is 4.98. The summed E-state index contributed by atoms with van der Waals surface area (Å²) in [7, 11) is 2.25.